The maximum absolute atomic E-state index is 12.4. The van der Waals surface area contributed by atoms with Crippen molar-refractivity contribution in [3.63, 3.8) is 0 Å². The highest BCUT2D eigenvalue weighted by Crippen LogP contribution is 2.55. The molecule has 0 spiro atoms. The van der Waals surface area contributed by atoms with Crippen LogP contribution in [-0.4, -0.2) is 52.9 Å². The first kappa shape index (κ1) is 19.2. The summed E-state index contributed by atoms with van der Waals surface area (Å²) in [7, 11) is 0. The minimum Gasteiger partial charge on any atom is -0.454 e. The van der Waals surface area contributed by atoms with Gasteiger partial charge in [0.25, 0.3) is 11.8 Å². The molecule has 0 aromatic carbocycles. The molecule has 0 radical (unpaired) electrons. The number of carbonyl (C=O) groups is 4. The minimum absolute atomic E-state index is 0.133. The van der Waals surface area contributed by atoms with Crippen LogP contribution in [0.25, 0.3) is 0 Å². The summed E-state index contributed by atoms with van der Waals surface area (Å²) in [4.78, 5) is 49.6. The van der Waals surface area contributed by atoms with Crippen molar-refractivity contribution in [2.45, 2.75) is 69.9 Å². The van der Waals surface area contributed by atoms with Crippen LogP contribution in [0.1, 0.15) is 58.8 Å². The van der Waals surface area contributed by atoms with Crippen LogP contribution in [0.2, 0.25) is 0 Å². The van der Waals surface area contributed by atoms with Crippen molar-refractivity contribution in [2.24, 2.45) is 17.8 Å². The first-order valence-corrected chi connectivity index (χ1v) is 10.3. The Balaban J connectivity index is 1.27. The molecule has 0 unspecified atom stereocenters. The number of carbonyl (C=O) groups excluding carboxylic acids is 4. The van der Waals surface area contributed by atoms with Crippen LogP contribution in [0.3, 0.4) is 0 Å². The van der Waals surface area contributed by atoms with Crippen molar-refractivity contribution in [2.75, 3.05) is 13.2 Å². The van der Waals surface area contributed by atoms with Crippen molar-refractivity contribution >= 4 is 23.8 Å². The summed E-state index contributed by atoms with van der Waals surface area (Å²) >= 11 is 0. The number of ether oxygens (including phenoxy) is 1. The molecule has 8 nitrogen and oxygen atoms in total. The summed E-state index contributed by atoms with van der Waals surface area (Å²) in [5.41, 5.74) is -1.13. The van der Waals surface area contributed by atoms with E-state index >= 15 is 0 Å². The van der Waals surface area contributed by atoms with Gasteiger partial charge < -0.3 is 15.4 Å². The van der Waals surface area contributed by atoms with Crippen LogP contribution in [0.15, 0.2) is 0 Å². The van der Waals surface area contributed by atoms with Crippen molar-refractivity contribution < 1.29 is 23.9 Å². The summed E-state index contributed by atoms with van der Waals surface area (Å²) in [6, 6.07) is -0.607. The van der Waals surface area contributed by atoms with Gasteiger partial charge in [-0.1, -0.05) is 6.92 Å². The molecule has 4 amide bonds. The molecule has 1 saturated heterocycles. The van der Waals surface area contributed by atoms with Crippen molar-refractivity contribution in [3.8, 4) is 0 Å². The van der Waals surface area contributed by atoms with E-state index in [-0.39, 0.29) is 18.1 Å². The zero-order valence-electron chi connectivity index (χ0n) is 16.6. The van der Waals surface area contributed by atoms with Crippen LogP contribution < -0.4 is 10.6 Å². The second-order valence-electron chi connectivity index (χ2n) is 9.41. The van der Waals surface area contributed by atoms with Gasteiger partial charge >= 0.3 is 12.0 Å². The third-order valence-corrected chi connectivity index (χ3v) is 7.15. The first-order valence-electron chi connectivity index (χ1n) is 10.3. The number of nitrogens with one attached hydrogen (secondary N) is 2. The van der Waals surface area contributed by atoms with E-state index in [0.717, 1.165) is 24.2 Å². The smallest absolute Gasteiger partial charge is 0.326 e. The maximum atomic E-state index is 12.4. The zero-order valence-corrected chi connectivity index (χ0v) is 16.6. The highest BCUT2D eigenvalue weighted by molar-refractivity contribution is 6.08. The molecule has 5 rings (SSSR count). The largest absolute Gasteiger partial charge is 0.454 e. The van der Waals surface area contributed by atoms with Gasteiger partial charge in [0.15, 0.2) is 6.61 Å². The molecular weight excluding hydrogens is 362 g/mol. The minimum atomic E-state index is -0.993. The molecule has 1 heterocycles. The number of urea groups is 1. The van der Waals surface area contributed by atoms with E-state index in [0.29, 0.717) is 24.2 Å². The van der Waals surface area contributed by atoms with E-state index in [2.05, 4.69) is 10.6 Å². The van der Waals surface area contributed by atoms with E-state index in [1.54, 1.807) is 13.8 Å². The molecule has 28 heavy (non-hydrogen) atoms. The Hall–Kier alpha value is -2.12. The van der Waals surface area contributed by atoms with Gasteiger partial charge in [0.2, 0.25) is 0 Å². The normalized spacial score (nSPS) is 38.5. The molecule has 5 aliphatic rings. The summed E-state index contributed by atoms with van der Waals surface area (Å²) < 4.78 is 5.05. The molecule has 154 valence electrons. The quantitative estimate of drug-likeness (QED) is 0.525. The lowest BCUT2D eigenvalue weighted by Crippen LogP contribution is -2.60. The van der Waals surface area contributed by atoms with Crippen LogP contribution in [0.5, 0.6) is 0 Å². The monoisotopic (exact) mass is 391 g/mol. The van der Waals surface area contributed by atoms with E-state index in [9.17, 15) is 19.2 Å². The van der Waals surface area contributed by atoms with E-state index in [4.69, 9.17) is 4.74 Å². The number of hydrogen-bond donors (Lipinski definition) is 2. The van der Waals surface area contributed by atoms with Gasteiger partial charge in [0, 0.05) is 5.54 Å². The molecule has 2 N–H and O–H groups in total. The molecule has 0 aromatic rings. The van der Waals surface area contributed by atoms with Gasteiger partial charge in [-0.15, -0.1) is 0 Å². The number of esters is 1. The SMILES string of the molecule is CC[C@@]1(C)NC(=O)N(CC(=O)OCC(=O)NC23CC4CC(CC(C4)C2)C3)C1=O. The molecule has 1 aliphatic heterocycles. The second kappa shape index (κ2) is 6.74. The van der Waals surface area contributed by atoms with Crippen LogP contribution in [0.4, 0.5) is 4.79 Å². The fourth-order valence-electron chi connectivity index (χ4n) is 6.05. The van der Waals surface area contributed by atoms with Gasteiger partial charge in [0.1, 0.15) is 12.1 Å². The van der Waals surface area contributed by atoms with Gasteiger partial charge in [-0.25, -0.2) is 4.79 Å². The Labute approximate surface area is 164 Å². The van der Waals surface area contributed by atoms with Crippen molar-refractivity contribution in [3.05, 3.63) is 0 Å². The Morgan fingerprint density at radius 2 is 1.71 bits per heavy atom. The summed E-state index contributed by atoms with van der Waals surface area (Å²) in [6.45, 7) is 2.55. The Morgan fingerprint density at radius 3 is 2.21 bits per heavy atom. The first-order chi connectivity index (χ1) is 13.2. The Morgan fingerprint density at radius 1 is 1.14 bits per heavy atom. The molecule has 4 saturated carbocycles. The zero-order chi connectivity index (χ0) is 20.1. The summed E-state index contributed by atoms with van der Waals surface area (Å²) in [5.74, 6) is 0.621. The Kier molecular flexibility index (Phi) is 4.62. The van der Waals surface area contributed by atoms with Crippen LogP contribution >= 0.6 is 0 Å². The summed E-state index contributed by atoms with van der Waals surface area (Å²) in [6.07, 6.45) is 7.35. The fraction of sp³-hybridized carbons (Fsp3) is 0.800. The molecule has 1 atom stereocenters. The predicted octanol–water partition coefficient (Wildman–Crippen LogP) is 1.34. The third-order valence-electron chi connectivity index (χ3n) is 7.15. The summed E-state index contributed by atoms with van der Waals surface area (Å²) in [5, 5.41) is 5.72. The number of amides is 4. The Bertz CT molecular complexity index is 685. The number of hydrogen-bond acceptors (Lipinski definition) is 5. The molecular formula is C20H29N3O5. The van der Waals surface area contributed by atoms with E-state index in [1.807, 2.05) is 0 Å². The van der Waals surface area contributed by atoms with Crippen LogP contribution in [0, 0.1) is 17.8 Å². The average molecular weight is 391 g/mol. The third kappa shape index (κ3) is 3.37. The predicted molar refractivity (Wildman–Crippen MR) is 98.9 cm³/mol. The maximum Gasteiger partial charge on any atom is 0.326 e. The van der Waals surface area contributed by atoms with Crippen LogP contribution in [-0.2, 0) is 19.1 Å². The lowest BCUT2D eigenvalue weighted by atomic mass is 9.53. The second-order valence-corrected chi connectivity index (χ2v) is 9.41. The van der Waals surface area contributed by atoms with Gasteiger partial charge in [-0.3, -0.25) is 19.3 Å². The van der Waals surface area contributed by atoms with E-state index < -0.39 is 30.0 Å². The number of nitrogens with zero attached hydrogens (tertiary/aromatic N) is 1. The number of imide groups is 1. The standard InChI is InChI=1S/C20H29N3O5/c1-3-19(2)17(26)23(18(27)22-19)10-16(25)28-11-15(24)21-20-7-12-4-13(8-20)6-14(5-12)9-20/h12-14H,3-11H2,1-2H3,(H,21,24)(H,22,27)/t12?,13?,14?,19-,20?/m1/s1. The highest BCUT2D eigenvalue weighted by Gasteiger charge is 2.51. The molecule has 8 heteroatoms. The molecule has 5 fully saturated rings. The number of rotatable bonds is 6. The lowest BCUT2D eigenvalue weighted by Gasteiger charge is -2.56. The van der Waals surface area contributed by atoms with E-state index in [1.165, 1.54) is 19.3 Å². The van der Waals surface area contributed by atoms with Gasteiger partial charge in [-0.05, 0) is 69.6 Å². The molecule has 0 aromatic heterocycles. The average Bonchev–Trinajstić information content (AvgIpc) is 2.82. The highest BCUT2D eigenvalue weighted by atomic mass is 16.5. The topological polar surface area (TPSA) is 105 Å². The fourth-order valence-corrected chi connectivity index (χ4v) is 6.05. The lowest BCUT2D eigenvalue weighted by molar-refractivity contribution is -0.152. The van der Waals surface area contributed by atoms with Gasteiger partial charge in [0.05, 0.1) is 0 Å². The molecule has 4 bridgehead atoms. The molecule has 4 aliphatic carbocycles. The van der Waals surface area contributed by atoms with Crippen molar-refractivity contribution in [1.29, 1.82) is 0 Å². The van der Waals surface area contributed by atoms with Crippen molar-refractivity contribution in [1.82, 2.24) is 15.5 Å². The van der Waals surface area contributed by atoms with Gasteiger partial charge in [-0.2, -0.15) is 0 Å².